The maximum absolute atomic E-state index is 12.3. The second kappa shape index (κ2) is 6.18. The van der Waals surface area contributed by atoms with Gasteiger partial charge in [0.05, 0.1) is 17.7 Å². The normalized spacial score (nSPS) is 12.0. The Morgan fingerprint density at radius 2 is 2.11 bits per heavy atom. The summed E-state index contributed by atoms with van der Waals surface area (Å²) in [5.41, 5.74) is 0.935. The van der Waals surface area contributed by atoms with E-state index in [0.717, 1.165) is 0 Å². The summed E-state index contributed by atoms with van der Waals surface area (Å²) in [4.78, 5) is 13.9. The number of hydrogen-bond acceptors (Lipinski definition) is 3. The Bertz CT molecular complexity index is 461. The molecule has 4 nitrogen and oxygen atoms in total. The average molecular weight is 246 g/mol. The van der Waals surface area contributed by atoms with E-state index >= 15 is 0 Å². The van der Waals surface area contributed by atoms with Crippen LogP contribution in [0.1, 0.15) is 36.7 Å². The number of nitriles is 1. The van der Waals surface area contributed by atoms with Gasteiger partial charge in [0.25, 0.3) is 5.91 Å². The average Bonchev–Trinajstić information content (AvgIpc) is 2.34. The maximum Gasteiger partial charge on any atom is 0.254 e. The van der Waals surface area contributed by atoms with Gasteiger partial charge in [0.1, 0.15) is 0 Å². The zero-order valence-electron chi connectivity index (χ0n) is 10.9. The van der Waals surface area contributed by atoms with E-state index < -0.39 is 6.10 Å². The van der Waals surface area contributed by atoms with E-state index in [0.29, 0.717) is 11.1 Å². The molecule has 1 amide bonds. The first-order chi connectivity index (χ1) is 8.45. The second-order valence-electron chi connectivity index (χ2n) is 4.59. The van der Waals surface area contributed by atoms with E-state index in [9.17, 15) is 9.90 Å². The number of hydrogen-bond donors (Lipinski definition) is 1. The molecule has 1 aromatic rings. The standard InChI is InChI=1S/C14H18N2O2/c1-10(2)16(9-11(3)17)14(18)13-6-4-5-12(7-13)8-15/h4-7,10-11,17H,9H2,1-3H3. The lowest BCUT2D eigenvalue weighted by Crippen LogP contribution is -2.41. The number of benzene rings is 1. The Kier molecular flexibility index (Phi) is 4.87. The van der Waals surface area contributed by atoms with Crippen molar-refractivity contribution < 1.29 is 9.90 Å². The van der Waals surface area contributed by atoms with Gasteiger partial charge in [-0.15, -0.1) is 0 Å². The summed E-state index contributed by atoms with van der Waals surface area (Å²) in [7, 11) is 0. The fourth-order valence-electron chi connectivity index (χ4n) is 1.70. The molecule has 0 aliphatic carbocycles. The summed E-state index contributed by atoms with van der Waals surface area (Å²) < 4.78 is 0. The van der Waals surface area contributed by atoms with Crippen LogP contribution in [0.5, 0.6) is 0 Å². The first kappa shape index (κ1) is 14.2. The molecule has 1 atom stereocenters. The highest BCUT2D eigenvalue weighted by molar-refractivity contribution is 5.94. The summed E-state index contributed by atoms with van der Waals surface area (Å²) in [6.07, 6.45) is -0.574. The van der Waals surface area contributed by atoms with Crippen molar-refractivity contribution >= 4 is 5.91 Å². The van der Waals surface area contributed by atoms with Gasteiger partial charge in [0, 0.05) is 18.2 Å². The van der Waals surface area contributed by atoms with Gasteiger partial charge in [-0.2, -0.15) is 5.26 Å². The minimum atomic E-state index is -0.574. The van der Waals surface area contributed by atoms with Crippen molar-refractivity contribution in [3.63, 3.8) is 0 Å². The summed E-state index contributed by atoms with van der Waals surface area (Å²) >= 11 is 0. The molecule has 0 aliphatic heterocycles. The van der Waals surface area contributed by atoms with E-state index in [1.54, 1.807) is 36.1 Å². The molecule has 0 aromatic heterocycles. The summed E-state index contributed by atoms with van der Waals surface area (Å²) in [6.45, 7) is 5.73. The monoisotopic (exact) mass is 246 g/mol. The third-order valence-electron chi connectivity index (χ3n) is 2.58. The Balaban J connectivity index is 2.98. The minimum Gasteiger partial charge on any atom is -0.392 e. The number of amides is 1. The number of carbonyl (C=O) groups excluding carboxylic acids is 1. The molecule has 1 rings (SSSR count). The Hall–Kier alpha value is -1.86. The molecule has 0 saturated heterocycles. The fraction of sp³-hybridized carbons (Fsp3) is 0.429. The van der Waals surface area contributed by atoms with Crippen molar-refractivity contribution in [3.05, 3.63) is 35.4 Å². The first-order valence-corrected chi connectivity index (χ1v) is 5.95. The first-order valence-electron chi connectivity index (χ1n) is 5.95. The largest absolute Gasteiger partial charge is 0.392 e. The van der Waals surface area contributed by atoms with Crippen LogP contribution < -0.4 is 0 Å². The van der Waals surface area contributed by atoms with Gasteiger partial charge >= 0.3 is 0 Å². The molecule has 0 spiro atoms. The van der Waals surface area contributed by atoms with Crippen LogP contribution in [0.3, 0.4) is 0 Å². The van der Waals surface area contributed by atoms with Gasteiger partial charge in [-0.25, -0.2) is 0 Å². The van der Waals surface area contributed by atoms with Crippen LogP contribution in [0.25, 0.3) is 0 Å². The SMILES string of the molecule is CC(O)CN(C(=O)c1cccc(C#N)c1)C(C)C. The quantitative estimate of drug-likeness (QED) is 0.880. The molecule has 4 heteroatoms. The van der Waals surface area contributed by atoms with Crippen molar-refractivity contribution in [2.45, 2.75) is 32.9 Å². The highest BCUT2D eigenvalue weighted by Gasteiger charge is 2.20. The molecule has 0 saturated carbocycles. The van der Waals surface area contributed by atoms with Crippen LogP contribution in [0.15, 0.2) is 24.3 Å². The van der Waals surface area contributed by atoms with E-state index in [1.807, 2.05) is 19.9 Å². The van der Waals surface area contributed by atoms with Crippen LogP contribution >= 0.6 is 0 Å². The van der Waals surface area contributed by atoms with E-state index in [1.165, 1.54) is 0 Å². The highest BCUT2D eigenvalue weighted by atomic mass is 16.3. The zero-order chi connectivity index (χ0) is 13.7. The van der Waals surface area contributed by atoms with Gasteiger partial charge in [-0.3, -0.25) is 4.79 Å². The molecule has 0 aliphatic rings. The molecule has 1 unspecified atom stereocenters. The lowest BCUT2D eigenvalue weighted by Gasteiger charge is -2.28. The third-order valence-corrected chi connectivity index (χ3v) is 2.58. The predicted octanol–water partition coefficient (Wildman–Crippen LogP) is 1.79. The van der Waals surface area contributed by atoms with Gasteiger partial charge in [0.2, 0.25) is 0 Å². The number of aliphatic hydroxyl groups is 1. The number of rotatable bonds is 4. The molecule has 0 fully saturated rings. The van der Waals surface area contributed by atoms with Crippen LogP contribution in [0.4, 0.5) is 0 Å². The number of nitrogens with zero attached hydrogens (tertiary/aromatic N) is 2. The molecule has 0 bridgehead atoms. The van der Waals surface area contributed by atoms with E-state index in [2.05, 4.69) is 0 Å². The van der Waals surface area contributed by atoms with Crippen LogP contribution in [-0.4, -0.2) is 34.6 Å². The van der Waals surface area contributed by atoms with Gasteiger partial charge in [0.15, 0.2) is 0 Å². The highest BCUT2D eigenvalue weighted by Crippen LogP contribution is 2.11. The molecular weight excluding hydrogens is 228 g/mol. The van der Waals surface area contributed by atoms with Crippen molar-refractivity contribution in [2.24, 2.45) is 0 Å². The lowest BCUT2D eigenvalue weighted by molar-refractivity contribution is 0.0579. The maximum atomic E-state index is 12.3. The molecule has 0 heterocycles. The van der Waals surface area contributed by atoms with Gasteiger partial charge < -0.3 is 10.0 Å². The van der Waals surface area contributed by atoms with Crippen molar-refractivity contribution in [1.82, 2.24) is 4.90 Å². The molecular formula is C14H18N2O2. The van der Waals surface area contributed by atoms with Gasteiger partial charge in [-0.1, -0.05) is 6.07 Å². The molecule has 96 valence electrons. The van der Waals surface area contributed by atoms with Gasteiger partial charge in [-0.05, 0) is 39.0 Å². The summed E-state index contributed by atoms with van der Waals surface area (Å²) in [5, 5.41) is 18.2. The molecule has 18 heavy (non-hydrogen) atoms. The Labute approximate surface area is 107 Å². The molecule has 1 aromatic carbocycles. The van der Waals surface area contributed by atoms with Crippen LogP contribution in [0, 0.1) is 11.3 Å². The van der Waals surface area contributed by atoms with Crippen molar-refractivity contribution in [2.75, 3.05) is 6.54 Å². The second-order valence-corrected chi connectivity index (χ2v) is 4.59. The van der Waals surface area contributed by atoms with Crippen LogP contribution in [-0.2, 0) is 0 Å². The zero-order valence-corrected chi connectivity index (χ0v) is 10.9. The van der Waals surface area contributed by atoms with E-state index in [-0.39, 0.29) is 18.5 Å². The number of aliphatic hydroxyl groups excluding tert-OH is 1. The van der Waals surface area contributed by atoms with Crippen molar-refractivity contribution in [1.29, 1.82) is 5.26 Å². The summed E-state index contributed by atoms with van der Waals surface area (Å²) in [5.74, 6) is -0.164. The molecule has 0 radical (unpaired) electrons. The van der Waals surface area contributed by atoms with E-state index in [4.69, 9.17) is 5.26 Å². The Morgan fingerprint density at radius 3 is 2.61 bits per heavy atom. The predicted molar refractivity (Wildman–Crippen MR) is 69.0 cm³/mol. The fourth-order valence-corrected chi connectivity index (χ4v) is 1.70. The topological polar surface area (TPSA) is 64.3 Å². The Morgan fingerprint density at radius 1 is 1.44 bits per heavy atom. The lowest BCUT2D eigenvalue weighted by atomic mass is 10.1. The van der Waals surface area contributed by atoms with Crippen LogP contribution in [0.2, 0.25) is 0 Å². The van der Waals surface area contributed by atoms with Crippen molar-refractivity contribution in [3.8, 4) is 6.07 Å². The minimum absolute atomic E-state index is 0.00200. The smallest absolute Gasteiger partial charge is 0.254 e. The summed E-state index contributed by atoms with van der Waals surface area (Å²) in [6, 6.07) is 8.60. The third kappa shape index (κ3) is 3.57. The number of carbonyl (C=O) groups is 1. The molecule has 1 N–H and O–H groups in total.